The van der Waals surface area contributed by atoms with Gasteiger partial charge in [0.15, 0.2) is 5.58 Å². The Morgan fingerprint density at radius 2 is 2.12 bits per heavy atom. The van der Waals surface area contributed by atoms with E-state index in [4.69, 9.17) is 9.62 Å². The molecule has 2 aromatic carbocycles. The largest absolute Gasteiger partial charge is 0.423 e. The number of aromatic nitrogens is 1. The third-order valence-electron chi connectivity index (χ3n) is 4.94. The van der Waals surface area contributed by atoms with Gasteiger partial charge in [-0.1, -0.05) is 18.2 Å². The summed E-state index contributed by atoms with van der Waals surface area (Å²) in [6.07, 6.45) is 0. The Balaban J connectivity index is 1.82. The Bertz CT molecular complexity index is 991. The van der Waals surface area contributed by atoms with Gasteiger partial charge in [-0.3, -0.25) is 10.0 Å². The number of hydrogen-bond acceptors (Lipinski definition) is 5. The van der Waals surface area contributed by atoms with Crippen molar-refractivity contribution in [1.82, 2.24) is 10.5 Å². The molecule has 2 N–H and O–H groups in total. The highest BCUT2D eigenvalue weighted by atomic mass is 16.5. The van der Waals surface area contributed by atoms with E-state index in [2.05, 4.69) is 18.8 Å². The van der Waals surface area contributed by atoms with E-state index < -0.39 is 11.4 Å². The van der Waals surface area contributed by atoms with Crippen molar-refractivity contribution in [1.29, 1.82) is 0 Å². The number of amides is 1. The minimum Gasteiger partial charge on any atom is -0.423 e. The van der Waals surface area contributed by atoms with E-state index in [-0.39, 0.29) is 0 Å². The second-order valence-corrected chi connectivity index (χ2v) is 6.89. The summed E-state index contributed by atoms with van der Waals surface area (Å²) in [5, 5.41) is 9.01. The summed E-state index contributed by atoms with van der Waals surface area (Å²) < 4.78 is 5.99. The van der Waals surface area contributed by atoms with Crippen molar-refractivity contribution in [2.24, 2.45) is 0 Å². The number of rotatable bonds is 2. The molecule has 3 aromatic rings. The summed E-state index contributed by atoms with van der Waals surface area (Å²) in [7, 11) is 0. The summed E-state index contributed by atoms with van der Waals surface area (Å²) in [5.74, 6) is -0.511. The maximum atomic E-state index is 12.0. The first-order valence-electron chi connectivity index (χ1n) is 8.13. The van der Waals surface area contributed by atoms with E-state index in [1.165, 1.54) is 0 Å². The number of nitrogens with one attached hydrogen (secondary N) is 1. The first-order valence-corrected chi connectivity index (χ1v) is 8.13. The average molecular weight is 337 g/mol. The number of carbonyl (C=O) groups excluding carboxylic acids is 1. The van der Waals surface area contributed by atoms with Gasteiger partial charge in [-0.15, -0.1) is 0 Å². The molecule has 1 aliphatic heterocycles. The zero-order valence-corrected chi connectivity index (χ0v) is 14.3. The van der Waals surface area contributed by atoms with E-state index in [1.54, 1.807) is 11.5 Å². The normalized spacial score (nSPS) is 15.4. The number of fused-ring (bicyclic) bond motifs is 2. The number of nitrogens with zero attached hydrogens (tertiary/aromatic N) is 2. The molecule has 0 unspecified atom stereocenters. The summed E-state index contributed by atoms with van der Waals surface area (Å²) in [6.45, 7) is 6.63. The number of aryl methyl sites for hydroxylation is 1. The first-order chi connectivity index (χ1) is 11.9. The second kappa shape index (κ2) is 5.32. The molecule has 0 aliphatic carbocycles. The van der Waals surface area contributed by atoms with Crippen LogP contribution in [0.2, 0.25) is 0 Å². The Kier molecular flexibility index (Phi) is 3.33. The minimum absolute atomic E-state index is 0.392. The van der Waals surface area contributed by atoms with E-state index in [9.17, 15) is 4.79 Å². The molecule has 6 nitrogen and oxygen atoms in total. The molecule has 2 heterocycles. The Morgan fingerprint density at radius 1 is 1.32 bits per heavy atom. The van der Waals surface area contributed by atoms with Crippen molar-refractivity contribution < 1.29 is 14.4 Å². The van der Waals surface area contributed by atoms with Crippen molar-refractivity contribution in [3.63, 3.8) is 0 Å². The maximum Gasteiger partial charge on any atom is 0.299 e. The van der Waals surface area contributed by atoms with Gasteiger partial charge in [0.25, 0.3) is 11.9 Å². The molecule has 0 radical (unpaired) electrons. The molecular weight excluding hydrogens is 318 g/mol. The predicted octanol–water partition coefficient (Wildman–Crippen LogP) is 3.51. The maximum absolute atomic E-state index is 12.0. The fourth-order valence-electron chi connectivity index (χ4n) is 3.55. The fourth-order valence-corrected chi connectivity index (χ4v) is 3.55. The lowest BCUT2D eigenvalue weighted by molar-refractivity contribution is 0.0705. The summed E-state index contributed by atoms with van der Waals surface area (Å²) in [4.78, 5) is 18.6. The Labute approximate surface area is 145 Å². The van der Waals surface area contributed by atoms with Gasteiger partial charge in [0.2, 0.25) is 0 Å². The van der Waals surface area contributed by atoms with Crippen molar-refractivity contribution >= 4 is 23.0 Å². The van der Waals surface area contributed by atoms with Gasteiger partial charge in [-0.2, -0.15) is 4.98 Å². The van der Waals surface area contributed by atoms with Gasteiger partial charge in [-0.25, -0.2) is 5.48 Å². The quantitative estimate of drug-likeness (QED) is 0.553. The molecule has 1 aromatic heterocycles. The predicted molar refractivity (Wildman–Crippen MR) is 93.6 cm³/mol. The zero-order chi connectivity index (χ0) is 17.8. The van der Waals surface area contributed by atoms with Crippen molar-refractivity contribution in [3.05, 3.63) is 58.7 Å². The highest BCUT2D eigenvalue weighted by Crippen LogP contribution is 2.43. The number of hydroxylamine groups is 1. The molecule has 0 spiro atoms. The van der Waals surface area contributed by atoms with Crippen LogP contribution in [0.15, 0.2) is 40.8 Å². The van der Waals surface area contributed by atoms with Crippen LogP contribution in [0.5, 0.6) is 0 Å². The lowest BCUT2D eigenvalue weighted by atomic mass is 9.91. The molecule has 1 amide bonds. The topological polar surface area (TPSA) is 78.6 Å². The van der Waals surface area contributed by atoms with Crippen LogP contribution in [0.25, 0.3) is 11.1 Å². The smallest absolute Gasteiger partial charge is 0.299 e. The summed E-state index contributed by atoms with van der Waals surface area (Å²) >= 11 is 0. The number of anilines is 1. The molecular formula is C19H19N3O3. The average Bonchev–Trinajstić information content (AvgIpc) is 3.12. The monoisotopic (exact) mass is 337 g/mol. The molecule has 6 heteroatoms. The van der Waals surface area contributed by atoms with Crippen LogP contribution in [-0.2, 0) is 12.1 Å². The van der Waals surface area contributed by atoms with Gasteiger partial charge in [0.05, 0.1) is 5.54 Å². The van der Waals surface area contributed by atoms with Crippen LogP contribution < -0.4 is 10.4 Å². The highest BCUT2D eigenvalue weighted by molar-refractivity contribution is 5.95. The third kappa shape index (κ3) is 2.29. The van der Waals surface area contributed by atoms with E-state index >= 15 is 0 Å². The van der Waals surface area contributed by atoms with E-state index in [0.717, 1.165) is 27.8 Å². The van der Waals surface area contributed by atoms with Gasteiger partial charge in [0.1, 0.15) is 5.52 Å². The zero-order valence-electron chi connectivity index (χ0n) is 14.3. The summed E-state index contributed by atoms with van der Waals surface area (Å²) in [5.41, 5.74) is 6.35. The fraction of sp³-hybridized carbons (Fsp3) is 0.263. The molecule has 128 valence electrons. The molecule has 0 fully saturated rings. The van der Waals surface area contributed by atoms with Crippen LogP contribution in [-0.4, -0.2) is 16.1 Å². The van der Waals surface area contributed by atoms with Gasteiger partial charge < -0.3 is 9.32 Å². The second-order valence-electron chi connectivity index (χ2n) is 6.89. The lowest BCUT2D eigenvalue weighted by Gasteiger charge is -2.30. The van der Waals surface area contributed by atoms with Crippen LogP contribution in [0.1, 0.15) is 40.9 Å². The number of benzene rings is 2. The summed E-state index contributed by atoms with van der Waals surface area (Å²) in [6, 6.07) is 12.0. The van der Waals surface area contributed by atoms with Crippen LogP contribution in [0, 0.1) is 6.92 Å². The van der Waals surface area contributed by atoms with Crippen molar-refractivity contribution in [2.45, 2.75) is 32.9 Å². The number of carbonyl (C=O) groups is 1. The molecule has 0 bridgehead atoms. The first kappa shape index (κ1) is 15.7. The van der Waals surface area contributed by atoms with Crippen LogP contribution in [0.3, 0.4) is 0 Å². The van der Waals surface area contributed by atoms with Crippen LogP contribution >= 0.6 is 0 Å². The third-order valence-corrected chi connectivity index (χ3v) is 4.94. The molecule has 1 aliphatic rings. The number of hydrogen-bond donors (Lipinski definition) is 2. The lowest BCUT2D eigenvalue weighted by Crippen LogP contribution is -2.35. The molecule has 25 heavy (non-hydrogen) atoms. The highest BCUT2D eigenvalue weighted by Gasteiger charge is 2.41. The Hall–Kier alpha value is -2.86. The minimum atomic E-state index is -0.511. The van der Waals surface area contributed by atoms with Crippen molar-refractivity contribution in [3.8, 4) is 0 Å². The van der Waals surface area contributed by atoms with Gasteiger partial charge >= 0.3 is 0 Å². The van der Waals surface area contributed by atoms with E-state index in [0.29, 0.717) is 18.1 Å². The molecule has 0 atom stereocenters. The van der Waals surface area contributed by atoms with Gasteiger partial charge in [0, 0.05) is 12.1 Å². The SMILES string of the molecule is Cc1ccc2nc(N3Cc4c(C(=O)NO)cccc4C3(C)C)oc2c1. The van der Waals surface area contributed by atoms with Crippen LogP contribution in [0.4, 0.5) is 6.01 Å². The number of oxazole rings is 1. The molecule has 0 saturated carbocycles. The van der Waals surface area contributed by atoms with Crippen molar-refractivity contribution in [2.75, 3.05) is 4.90 Å². The van der Waals surface area contributed by atoms with E-state index in [1.807, 2.05) is 42.2 Å². The van der Waals surface area contributed by atoms with Gasteiger partial charge in [-0.05, 0) is 55.7 Å². The standard InChI is InChI=1S/C19H19N3O3/c1-11-7-8-15-16(9-11)25-18(20-15)22-10-13-12(17(23)21-24)5-4-6-14(13)19(22,2)3/h4-9,24H,10H2,1-3H3,(H,21,23). The molecule has 0 saturated heterocycles. The molecule has 4 rings (SSSR count). The Morgan fingerprint density at radius 3 is 2.88 bits per heavy atom.